The predicted molar refractivity (Wildman–Crippen MR) is 125 cm³/mol. The molecule has 0 atom stereocenters. The minimum Gasteiger partial charge on any atom is -0.353 e. The van der Waals surface area contributed by atoms with E-state index in [2.05, 4.69) is 30.4 Å². The molecule has 0 radical (unpaired) electrons. The van der Waals surface area contributed by atoms with Crippen LogP contribution in [0.4, 0.5) is 5.82 Å². The SMILES string of the molecule is CCn1cc(C(=O)NC2CCN(c3nccn4c(C)nnc34)CC2)c(=O)c2ccc(C)nc21. The van der Waals surface area contributed by atoms with E-state index >= 15 is 0 Å². The molecule has 0 unspecified atom stereocenters. The van der Waals surface area contributed by atoms with Crippen LogP contribution in [0.5, 0.6) is 0 Å². The lowest BCUT2D eigenvalue weighted by molar-refractivity contribution is 0.0929. The molecule has 4 aromatic heterocycles. The normalized spacial score (nSPS) is 14.8. The monoisotopic (exact) mass is 446 g/mol. The first-order valence-electron chi connectivity index (χ1n) is 11.2. The molecule has 0 saturated carbocycles. The highest BCUT2D eigenvalue weighted by atomic mass is 16.2. The molecule has 33 heavy (non-hydrogen) atoms. The van der Waals surface area contributed by atoms with Crippen LogP contribution < -0.4 is 15.6 Å². The van der Waals surface area contributed by atoms with Crippen molar-refractivity contribution in [3.05, 3.63) is 58.0 Å². The number of rotatable bonds is 4. The molecule has 0 aliphatic carbocycles. The average Bonchev–Trinajstić information content (AvgIpc) is 3.21. The smallest absolute Gasteiger partial charge is 0.256 e. The zero-order chi connectivity index (χ0) is 23.1. The number of carbonyl (C=O) groups excluding carboxylic acids is 1. The van der Waals surface area contributed by atoms with Gasteiger partial charge in [-0.05, 0) is 45.7 Å². The lowest BCUT2D eigenvalue weighted by Crippen LogP contribution is -2.46. The standard InChI is InChI=1S/C23H26N8O2/c1-4-29-13-18(19(32)17-6-5-14(2)25-20(17)29)23(33)26-16-7-10-30(11-8-16)21-22-28-27-15(3)31(22)12-9-24-21/h5-6,9,12-13,16H,4,7-8,10-11H2,1-3H3,(H,26,33). The second-order valence-electron chi connectivity index (χ2n) is 8.41. The Kier molecular flexibility index (Phi) is 5.27. The number of amides is 1. The summed E-state index contributed by atoms with van der Waals surface area (Å²) in [5.41, 5.74) is 2.05. The van der Waals surface area contributed by atoms with Gasteiger partial charge in [-0.2, -0.15) is 0 Å². The molecule has 5 rings (SSSR count). The molecule has 1 N–H and O–H groups in total. The Morgan fingerprint density at radius 1 is 1.15 bits per heavy atom. The van der Waals surface area contributed by atoms with Gasteiger partial charge in [0.25, 0.3) is 5.91 Å². The van der Waals surface area contributed by atoms with E-state index in [9.17, 15) is 9.59 Å². The Balaban J connectivity index is 1.33. The molecule has 1 fully saturated rings. The third-order valence-electron chi connectivity index (χ3n) is 6.25. The van der Waals surface area contributed by atoms with Gasteiger partial charge in [-0.3, -0.25) is 14.0 Å². The average molecular weight is 447 g/mol. The van der Waals surface area contributed by atoms with Gasteiger partial charge in [0, 0.05) is 50.0 Å². The van der Waals surface area contributed by atoms with E-state index in [0.717, 1.165) is 48.9 Å². The Bertz CT molecular complexity index is 1420. The van der Waals surface area contributed by atoms with Crippen LogP contribution in [0.15, 0.2) is 35.5 Å². The van der Waals surface area contributed by atoms with Gasteiger partial charge in [0.15, 0.2) is 5.82 Å². The number of nitrogens with one attached hydrogen (secondary N) is 1. The van der Waals surface area contributed by atoms with Crippen molar-refractivity contribution in [1.29, 1.82) is 0 Å². The fraction of sp³-hybridized carbons (Fsp3) is 0.391. The van der Waals surface area contributed by atoms with Crippen molar-refractivity contribution in [2.45, 2.75) is 46.2 Å². The molecule has 1 saturated heterocycles. The molecule has 0 aromatic carbocycles. The Morgan fingerprint density at radius 2 is 1.94 bits per heavy atom. The first kappa shape index (κ1) is 21.0. The highest BCUT2D eigenvalue weighted by Gasteiger charge is 2.25. The highest BCUT2D eigenvalue weighted by molar-refractivity contribution is 5.97. The molecule has 0 bridgehead atoms. The summed E-state index contributed by atoms with van der Waals surface area (Å²) in [4.78, 5) is 37.2. The van der Waals surface area contributed by atoms with Crippen LogP contribution in [-0.2, 0) is 6.54 Å². The van der Waals surface area contributed by atoms with E-state index in [4.69, 9.17) is 0 Å². The molecule has 0 spiro atoms. The van der Waals surface area contributed by atoms with E-state index in [1.165, 1.54) is 0 Å². The van der Waals surface area contributed by atoms with Crippen LogP contribution >= 0.6 is 0 Å². The Morgan fingerprint density at radius 3 is 2.70 bits per heavy atom. The van der Waals surface area contributed by atoms with E-state index in [1.54, 1.807) is 24.5 Å². The van der Waals surface area contributed by atoms with Crippen molar-refractivity contribution in [3.63, 3.8) is 0 Å². The summed E-state index contributed by atoms with van der Waals surface area (Å²) in [5.74, 6) is 1.27. The number of fused-ring (bicyclic) bond motifs is 2. The van der Waals surface area contributed by atoms with Gasteiger partial charge >= 0.3 is 0 Å². The van der Waals surface area contributed by atoms with Gasteiger partial charge in [-0.25, -0.2) is 9.97 Å². The van der Waals surface area contributed by atoms with Gasteiger partial charge in [-0.1, -0.05) is 0 Å². The maximum absolute atomic E-state index is 13.0. The van der Waals surface area contributed by atoms with Crippen LogP contribution in [0.2, 0.25) is 0 Å². The summed E-state index contributed by atoms with van der Waals surface area (Å²) < 4.78 is 3.78. The summed E-state index contributed by atoms with van der Waals surface area (Å²) in [6.45, 7) is 7.83. The second-order valence-corrected chi connectivity index (χ2v) is 8.41. The maximum Gasteiger partial charge on any atom is 0.256 e. The number of aryl methyl sites for hydroxylation is 3. The first-order chi connectivity index (χ1) is 16.0. The zero-order valence-corrected chi connectivity index (χ0v) is 18.9. The number of pyridine rings is 2. The third kappa shape index (κ3) is 3.71. The van der Waals surface area contributed by atoms with Crippen LogP contribution in [-0.4, -0.2) is 54.2 Å². The molecule has 1 aliphatic rings. The summed E-state index contributed by atoms with van der Waals surface area (Å²) in [6, 6.07) is 3.53. The Hall–Kier alpha value is -3.82. The van der Waals surface area contributed by atoms with Crippen molar-refractivity contribution >= 4 is 28.4 Å². The molecule has 1 amide bonds. The number of nitrogens with zero attached hydrogens (tertiary/aromatic N) is 7. The van der Waals surface area contributed by atoms with Gasteiger partial charge in [0.2, 0.25) is 11.1 Å². The minimum atomic E-state index is -0.337. The number of hydrogen-bond donors (Lipinski definition) is 1. The molecule has 5 heterocycles. The number of aromatic nitrogens is 6. The molecule has 170 valence electrons. The van der Waals surface area contributed by atoms with Crippen molar-refractivity contribution in [1.82, 2.24) is 34.4 Å². The van der Waals surface area contributed by atoms with E-state index < -0.39 is 0 Å². The quantitative estimate of drug-likeness (QED) is 0.509. The molecule has 10 nitrogen and oxygen atoms in total. The number of hydrogen-bond acceptors (Lipinski definition) is 7. The van der Waals surface area contributed by atoms with Gasteiger partial charge < -0.3 is 14.8 Å². The fourth-order valence-corrected chi connectivity index (χ4v) is 4.41. The third-order valence-corrected chi connectivity index (χ3v) is 6.25. The summed E-state index contributed by atoms with van der Waals surface area (Å²) in [5, 5.41) is 11.9. The van der Waals surface area contributed by atoms with Crippen molar-refractivity contribution in [2.75, 3.05) is 18.0 Å². The van der Waals surface area contributed by atoms with Gasteiger partial charge in [0.1, 0.15) is 17.0 Å². The molecule has 1 aliphatic heterocycles. The molecule has 4 aromatic rings. The van der Waals surface area contributed by atoms with Gasteiger partial charge in [0.05, 0.1) is 5.39 Å². The molecular formula is C23H26N8O2. The number of piperidine rings is 1. The maximum atomic E-state index is 13.0. The largest absolute Gasteiger partial charge is 0.353 e. The molecule has 10 heteroatoms. The Labute approximate surface area is 190 Å². The van der Waals surface area contributed by atoms with E-state index in [0.29, 0.717) is 17.6 Å². The molecular weight excluding hydrogens is 420 g/mol. The zero-order valence-electron chi connectivity index (χ0n) is 18.9. The highest BCUT2D eigenvalue weighted by Crippen LogP contribution is 2.22. The van der Waals surface area contributed by atoms with Gasteiger partial charge in [-0.15, -0.1) is 10.2 Å². The number of anilines is 1. The van der Waals surface area contributed by atoms with Crippen LogP contribution in [0.3, 0.4) is 0 Å². The minimum absolute atomic E-state index is 0.0191. The lowest BCUT2D eigenvalue weighted by Gasteiger charge is -2.33. The predicted octanol–water partition coefficient (Wildman–Crippen LogP) is 1.87. The van der Waals surface area contributed by atoms with Crippen molar-refractivity contribution in [2.24, 2.45) is 0 Å². The fourth-order valence-electron chi connectivity index (χ4n) is 4.41. The number of carbonyl (C=O) groups is 1. The summed E-state index contributed by atoms with van der Waals surface area (Å²) in [7, 11) is 0. The van der Waals surface area contributed by atoms with Crippen molar-refractivity contribution < 1.29 is 4.79 Å². The second kappa shape index (κ2) is 8.27. The topological polar surface area (TPSA) is 110 Å². The van der Waals surface area contributed by atoms with Crippen molar-refractivity contribution in [3.8, 4) is 0 Å². The van der Waals surface area contributed by atoms with E-state index in [1.807, 2.05) is 35.9 Å². The summed E-state index contributed by atoms with van der Waals surface area (Å²) in [6.07, 6.45) is 6.72. The van der Waals surface area contributed by atoms with Crippen LogP contribution in [0.25, 0.3) is 16.7 Å². The van der Waals surface area contributed by atoms with Crippen LogP contribution in [0, 0.1) is 13.8 Å². The van der Waals surface area contributed by atoms with E-state index in [-0.39, 0.29) is 22.9 Å². The lowest BCUT2D eigenvalue weighted by atomic mass is 10.0. The first-order valence-corrected chi connectivity index (χ1v) is 11.2. The van der Waals surface area contributed by atoms with Crippen LogP contribution in [0.1, 0.15) is 41.6 Å². The summed E-state index contributed by atoms with van der Waals surface area (Å²) >= 11 is 0.